The minimum atomic E-state index is -1.86. The van der Waals surface area contributed by atoms with Gasteiger partial charge < -0.3 is 30.9 Å². The average molecular weight is 440 g/mol. The number of nitrogens with zero attached hydrogens (tertiary/aromatic N) is 1. The van der Waals surface area contributed by atoms with E-state index in [9.17, 15) is 4.79 Å². The van der Waals surface area contributed by atoms with Crippen LogP contribution in [-0.2, 0) is 6.54 Å². The van der Waals surface area contributed by atoms with Crippen LogP contribution in [0.3, 0.4) is 0 Å². The van der Waals surface area contributed by atoms with Crippen LogP contribution in [-0.4, -0.2) is 58.8 Å². The molecular weight excluding hydrogens is 417 g/mol. The van der Waals surface area contributed by atoms with Crippen molar-refractivity contribution < 1.29 is 20.1 Å². The molecule has 3 rings (SSSR count). The van der Waals surface area contributed by atoms with Crippen molar-refractivity contribution in [2.24, 2.45) is 0 Å². The van der Waals surface area contributed by atoms with Crippen LogP contribution in [0.25, 0.3) is 0 Å². The van der Waals surface area contributed by atoms with Crippen LogP contribution in [0, 0.1) is 0 Å². The van der Waals surface area contributed by atoms with E-state index in [0.717, 1.165) is 29.8 Å². The van der Waals surface area contributed by atoms with Crippen LogP contribution < -0.4 is 10.6 Å². The standard InChI is InChI=1S/C20H23Cl2N3O4/c1-25-8-15(14-6-12(21)7-17(22)16(14)9-25)11-3-2-4-13(5-11)23-20(29)24-18(10-26)19(27)28/h2-7,15,18-19,26-28H,8-10H2,1H3,(H2,23,24,29). The van der Waals surface area contributed by atoms with Gasteiger partial charge in [0.25, 0.3) is 0 Å². The number of fused-ring (bicyclic) bond motifs is 1. The molecule has 0 aromatic heterocycles. The lowest BCUT2D eigenvalue weighted by atomic mass is 9.84. The van der Waals surface area contributed by atoms with Crippen molar-refractivity contribution in [3.8, 4) is 0 Å². The Morgan fingerprint density at radius 1 is 1.28 bits per heavy atom. The Balaban J connectivity index is 1.84. The maximum absolute atomic E-state index is 12.1. The highest BCUT2D eigenvalue weighted by Crippen LogP contribution is 2.38. The van der Waals surface area contributed by atoms with Gasteiger partial charge in [0.05, 0.1) is 6.61 Å². The lowest BCUT2D eigenvalue weighted by Gasteiger charge is -2.33. The largest absolute Gasteiger partial charge is 0.394 e. The molecule has 0 bridgehead atoms. The molecule has 1 heterocycles. The van der Waals surface area contributed by atoms with E-state index in [1.807, 2.05) is 31.3 Å². The monoisotopic (exact) mass is 439 g/mol. The smallest absolute Gasteiger partial charge is 0.319 e. The molecule has 7 nitrogen and oxygen atoms in total. The van der Waals surface area contributed by atoms with Gasteiger partial charge in [0.2, 0.25) is 0 Å². The van der Waals surface area contributed by atoms with E-state index < -0.39 is 25.0 Å². The van der Waals surface area contributed by atoms with Crippen molar-refractivity contribution in [2.45, 2.75) is 24.8 Å². The highest BCUT2D eigenvalue weighted by molar-refractivity contribution is 6.35. The molecule has 0 saturated carbocycles. The number of halogens is 2. The first kappa shape index (κ1) is 21.8. The van der Waals surface area contributed by atoms with Gasteiger partial charge in [0.1, 0.15) is 6.04 Å². The maximum atomic E-state index is 12.1. The molecule has 156 valence electrons. The van der Waals surface area contributed by atoms with E-state index in [0.29, 0.717) is 15.7 Å². The van der Waals surface area contributed by atoms with Gasteiger partial charge in [-0.05, 0) is 48.0 Å². The maximum Gasteiger partial charge on any atom is 0.319 e. The van der Waals surface area contributed by atoms with Gasteiger partial charge in [-0.2, -0.15) is 0 Å². The minimum absolute atomic E-state index is 0.0224. The van der Waals surface area contributed by atoms with Gasteiger partial charge in [0, 0.05) is 34.7 Å². The Morgan fingerprint density at radius 3 is 2.72 bits per heavy atom. The molecular formula is C20H23Cl2N3O4. The summed E-state index contributed by atoms with van der Waals surface area (Å²) in [6.07, 6.45) is -1.86. The number of hydrogen-bond acceptors (Lipinski definition) is 5. The molecule has 0 aliphatic carbocycles. The van der Waals surface area contributed by atoms with E-state index in [4.69, 9.17) is 38.5 Å². The number of carbonyl (C=O) groups excluding carboxylic acids is 1. The summed E-state index contributed by atoms with van der Waals surface area (Å²) in [5.74, 6) is 0.0224. The Labute approximate surface area is 178 Å². The molecule has 29 heavy (non-hydrogen) atoms. The summed E-state index contributed by atoms with van der Waals surface area (Å²) >= 11 is 12.6. The SMILES string of the molecule is CN1Cc2c(Cl)cc(Cl)cc2C(c2cccc(NC(=O)NC(CO)C(O)O)c2)C1. The number of anilines is 1. The molecule has 0 saturated heterocycles. The molecule has 1 aliphatic rings. The summed E-state index contributed by atoms with van der Waals surface area (Å²) in [6.45, 7) is 0.897. The minimum Gasteiger partial charge on any atom is -0.394 e. The predicted octanol–water partition coefficient (Wildman–Crippen LogP) is 2.36. The lowest BCUT2D eigenvalue weighted by Crippen LogP contribution is -2.47. The summed E-state index contributed by atoms with van der Waals surface area (Å²) in [5.41, 5.74) is 3.61. The fraction of sp³-hybridized carbons (Fsp3) is 0.350. The molecule has 2 unspecified atom stereocenters. The van der Waals surface area contributed by atoms with E-state index in [1.54, 1.807) is 12.1 Å². The summed E-state index contributed by atoms with van der Waals surface area (Å²) < 4.78 is 0. The zero-order valence-electron chi connectivity index (χ0n) is 15.8. The van der Waals surface area contributed by atoms with Crippen LogP contribution in [0.1, 0.15) is 22.6 Å². The van der Waals surface area contributed by atoms with Crippen molar-refractivity contribution >= 4 is 34.9 Å². The quantitative estimate of drug-likeness (QED) is 0.460. The number of aliphatic hydroxyl groups excluding tert-OH is 2. The van der Waals surface area contributed by atoms with Crippen LogP contribution in [0.5, 0.6) is 0 Å². The number of urea groups is 1. The Kier molecular flexibility index (Phi) is 7.00. The van der Waals surface area contributed by atoms with Gasteiger partial charge in [-0.3, -0.25) is 0 Å². The van der Waals surface area contributed by atoms with Gasteiger partial charge in [-0.25, -0.2) is 4.79 Å². The molecule has 9 heteroatoms. The van der Waals surface area contributed by atoms with E-state index in [2.05, 4.69) is 15.5 Å². The first-order valence-electron chi connectivity index (χ1n) is 9.09. The van der Waals surface area contributed by atoms with Crippen LogP contribution in [0.15, 0.2) is 36.4 Å². The van der Waals surface area contributed by atoms with Crippen LogP contribution >= 0.6 is 23.2 Å². The van der Waals surface area contributed by atoms with Gasteiger partial charge in [-0.1, -0.05) is 35.3 Å². The van der Waals surface area contributed by atoms with Crippen molar-refractivity contribution in [1.29, 1.82) is 0 Å². The lowest BCUT2D eigenvalue weighted by molar-refractivity contribution is -0.0743. The third kappa shape index (κ3) is 5.19. The van der Waals surface area contributed by atoms with Gasteiger partial charge >= 0.3 is 6.03 Å². The van der Waals surface area contributed by atoms with E-state index in [1.165, 1.54) is 0 Å². The average Bonchev–Trinajstić information content (AvgIpc) is 2.66. The van der Waals surface area contributed by atoms with E-state index >= 15 is 0 Å². The van der Waals surface area contributed by atoms with Crippen molar-refractivity contribution in [3.05, 3.63) is 63.1 Å². The number of rotatable bonds is 5. The number of carbonyl (C=O) groups is 1. The Bertz CT molecular complexity index is 894. The number of amides is 2. The summed E-state index contributed by atoms with van der Waals surface area (Å²) in [6, 6.07) is 9.23. The van der Waals surface area contributed by atoms with Crippen LogP contribution in [0.4, 0.5) is 10.5 Å². The second kappa shape index (κ2) is 9.30. The number of benzene rings is 2. The molecule has 2 atom stereocenters. The van der Waals surface area contributed by atoms with E-state index in [-0.39, 0.29) is 5.92 Å². The molecule has 0 spiro atoms. The summed E-state index contributed by atoms with van der Waals surface area (Å²) in [5, 5.41) is 33.5. The molecule has 2 amide bonds. The fourth-order valence-corrected chi connectivity index (χ4v) is 4.08. The summed E-state index contributed by atoms with van der Waals surface area (Å²) in [4.78, 5) is 14.3. The molecule has 2 aromatic rings. The van der Waals surface area contributed by atoms with Crippen LogP contribution in [0.2, 0.25) is 10.0 Å². The highest BCUT2D eigenvalue weighted by atomic mass is 35.5. The Morgan fingerprint density at radius 2 is 2.03 bits per heavy atom. The third-order valence-corrected chi connectivity index (χ3v) is 5.47. The van der Waals surface area contributed by atoms with Gasteiger partial charge in [0.15, 0.2) is 6.29 Å². The number of aliphatic hydroxyl groups is 3. The van der Waals surface area contributed by atoms with Gasteiger partial charge in [-0.15, -0.1) is 0 Å². The topological polar surface area (TPSA) is 105 Å². The second-order valence-electron chi connectivity index (χ2n) is 7.13. The normalized spacial score (nSPS) is 17.7. The first-order chi connectivity index (χ1) is 13.8. The number of nitrogens with one attached hydrogen (secondary N) is 2. The second-order valence-corrected chi connectivity index (χ2v) is 7.97. The highest BCUT2D eigenvalue weighted by Gasteiger charge is 2.27. The van der Waals surface area contributed by atoms with Crippen molar-refractivity contribution in [1.82, 2.24) is 10.2 Å². The van der Waals surface area contributed by atoms with Crippen molar-refractivity contribution in [3.63, 3.8) is 0 Å². The number of hydrogen-bond donors (Lipinski definition) is 5. The van der Waals surface area contributed by atoms with Crippen molar-refractivity contribution in [2.75, 3.05) is 25.5 Å². The zero-order valence-corrected chi connectivity index (χ0v) is 17.3. The zero-order chi connectivity index (χ0) is 21.1. The first-order valence-corrected chi connectivity index (χ1v) is 9.85. The molecule has 0 fully saturated rings. The predicted molar refractivity (Wildman–Crippen MR) is 112 cm³/mol. The fourth-order valence-electron chi connectivity index (χ4n) is 3.51. The Hall–Kier alpha value is -1.87. The molecule has 0 radical (unpaired) electrons. The molecule has 5 N–H and O–H groups in total. The number of likely N-dealkylation sites (N-methyl/N-ethyl adjacent to an activating group) is 1. The summed E-state index contributed by atoms with van der Waals surface area (Å²) in [7, 11) is 2.02. The molecule has 2 aromatic carbocycles. The third-order valence-electron chi connectivity index (χ3n) is 4.91. The molecule has 1 aliphatic heterocycles.